The van der Waals surface area contributed by atoms with Crippen molar-refractivity contribution in [1.82, 2.24) is 0 Å². The third kappa shape index (κ3) is 1.83. The molecule has 68 valence electrons. The average Bonchev–Trinajstić information content (AvgIpc) is 2.03. The standard InChI is InChI=1S/C10H9F2N/c1-10(2,6-13)8-4-3-7(11)5-9(8)12/h3-5H,1-2H3. The lowest BCUT2D eigenvalue weighted by atomic mass is 9.86. The van der Waals surface area contributed by atoms with E-state index in [9.17, 15) is 8.78 Å². The lowest BCUT2D eigenvalue weighted by Gasteiger charge is -2.16. The highest BCUT2D eigenvalue weighted by Crippen LogP contribution is 2.25. The van der Waals surface area contributed by atoms with Crippen molar-refractivity contribution in [3.05, 3.63) is 35.4 Å². The van der Waals surface area contributed by atoms with Crippen LogP contribution in [0.1, 0.15) is 19.4 Å². The molecule has 0 fully saturated rings. The van der Waals surface area contributed by atoms with Gasteiger partial charge in [-0.2, -0.15) is 5.26 Å². The second-order valence-electron chi connectivity index (χ2n) is 3.36. The summed E-state index contributed by atoms with van der Waals surface area (Å²) in [6, 6.07) is 5.19. The Morgan fingerprint density at radius 3 is 2.38 bits per heavy atom. The van der Waals surface area contributed by atoms with Gasteiger partial charge >= 0.3 is 0 Å². The zero-order valence-corrected chi connectivity index (χ0v) is 7.44. The molecule has 0 radical (unpaired) electrons. The summed E-state index contributed by atoms with van der Waals surface area (Å²) in [5.74, 6) is -1.30. The number of hydrogen-bond acceptors (Lipinski definition) is 1. The lowest BCUT2D eigenvalue weighted by Crippen LogP contribution is -2.16. The molecule has 0 aliphatic rings. The molecule has 0 atom stereocenters. The molecule has 0 aromatic heterocycles. The van der Waals surface area contributed by atoms with Crippen LogP contribution in [0.2, 0.25) is 0 Å². The first-order chi connectivity index (χ1) is 5.97. The molecule has 0 bridgehead atoms. The summed E-state index contributed by atoms with van der Waals surface area (Å²) in [6.45, 7) is 3.17. The van der Waals surface area contributed by atoms with Gasteiger partial charge in [-0.25, -0.2) is 8.78 Å². The van der Waals surface area contributed by atoms with Crippen molar-refractivity contribution in [3.63, 3.8) is 0 Å². The first kappa shape index (κ1) is 9.66. The van der Waals surface area contributed by atoms with Crippen LogP contribution in [0, 0.1) is 23.0 Å². The van der Waals surface area contributed by atoms with Gasteiger partial charge in [-0.3, -0.25) is 0 Å². The number of nitriles is 1. The number of nitrogens with zero attached hydrogens (tertiary/aromatic N) is 1. The van der Waals surface area contributed by atoms with Gasteiger partial charge in [-0.05, 0) is 19.9 Å². The molecule has 0 aliphatic carbocycles. The predicted molar refractivity (Wildman–Crippen MR) is 45.0 cm³/mol. The monoisotopic (exact) mass is 181 g/mol. The van der Waals surface area contributed by atoms with Crippen LogP contribution >= 0.6 is 0 Å². The third-order valence-corrected chi connectivity index (χ3v) is 1.88. The fourth-order valence-corrected chi connectivity index (χ4v) is 1.06. The van der Waals surface area contributed by atoms with Gasteiger partial charge in [0.1, 0.15) is 11.6 Å². The second-order valence-corrected chi connectivity index (χ2v) is 3.36. The van der Waals surface area contributed by atoms with E-state index in [4.69, 9.17) is 5.26 Å². The lowest BCUT2D eigenvalue weighted by molar-refractivity contribution is 0.543. The Hall–Kier alpha value is -1.43. The Labute approximate surface area is 75.6 Å². The van der Waals surface area contributed by atoms with Gasteiger partial charge in [-0.1, -0.05) is 6.07 Å². The molecule has 0 spiro atoms. The van der Waals surface area contributed by atoms with Gasteiger partial charge in [0.25, 0.3) is 0 Å². The molecule has 1 nitrogen and oxygen atoms in total. The van der Waals surface area contributed by atoms with Crippen molar-refractivity contribution >= 4 is 0 Å². The van der Waals surface area contributed by atoms with Crippen LogP contribution in [0.5, 0.6) is 0 Å². The highest BCUT2D eigenvalue weighted by Gasteiger charge is 2.23. The maximum Gasteiger partial charge on any atom is 0.130 e. The first-order valence-corrected chi connectivity index (χ1v) is 3.84. The van der Waals surface area contributed by atoms with Gasteiger partial charge in [0.05, 0.1) is 11.5 Å². The van der Waals surface area contributed by atoms with Gasteiger partial charge in [0.2, 0.25) is 0 Å². The fraction of sp³-hybridized carbons (Fsp3) is 0.300. The minimum absolute atomic E-state index is 0.219. The molecule has 0 unspecified atom stereocenters. The molecule has 0 amide bonds. The zero-order chi connectivity index (χ0) is 10.1. The van der Waals surface area contributed by atoms with Crippen molar-refractivity contribution in [2.24, 2.45) is 0 Å². The Morgan fingerprint density at radius 1 is 1.31 bits per heavy atom. The molecule has 1 rings (SSSR count). The highest BCUT2D eigenvalue weighted by molar-refractivity contribution is 5.31. The van der Waals surface area contributed by atoms with Crippen molar-refractivity contribution in [3.8, 4) is 6.07 Å². The highest BCUT2D eigenvalue weighted by atomic mass is 19.1. The SMILES string of the molecule is CC(C)(C#N)c1ccc(F)cc1F. The fourth-order valence-electron chi connectivity index (χ4n) is 1.06. The van der Waals surface area contributed by atoms with Crippen LogP contribution < -0.4 is 0 Å². The van der Waals surface area contributed by atoms with E-state index in [1.165, 1.54) is 6.07 Å². The van der Waals surface area contributed by atoms with E-state index in [0.717, 1.165) is 12.1 Å². The van der Waals surface area contributed by atoms with Crippen LogP contribution in [-0.4, -0.2) is 0 Å². The number of rotatable bonds is 1. The van der Waals surface area contributed by atoms with Crippen LogP contribution in [0.4, 0.5) is 8.78 Å². The summed E-state index contributed by atoms with van der Waals surface area (Å²) in [7, 11) is 0. The molecule has 0 aliphatic heterocycles. The Morgan fingerprint density at radius 2 is 1.92 bits per heavy atom. The van der Waals surface area contributed by atoms with E-state index in [1.54, 1.807) is 13.8 Å². The molecule has 3 heteroatoms. The summed E-state index contributed by atoms with van der Waals surface area (Å²) in [5, 5.41) is 8.73. The molecule has 0 saturated carbocycles. The third-order valence-electron chi connectivity index (χ3n) is 1.88. The van der Waals surface area contributed by atoms with Gasteiger partial charge < -0.3 is 0 Å². The summed E-state index contributed by atoms with van der Waals surface area (Å²) in [5.41, 5.74) is -0.700. The van der Waals surface area contributed by atoms with Crippen LogP contribution in [0.3, 0.4) is 0 Å². The van der Waals surface area contributed by atoms with Crippen molar-refractivity contribution < 1.29 is 8.78 Å². The Bertz CT molecular complexity index is 364. The number of halogens is 2. The smallest absolute Gasteiger partial charge is 0.130 e. The molecular weight excluding hydrogens is 172 g/mol. The van der Waals surface area contributed by atoms with Gasteiger partial charge in [0, 0.05) is 11.6 Å². The largest absolute Gasteiger partial charge is 0.207 e. The zero-order valence-electron chi connectivity index (χ0n) is 7.44. The van der Waals surface area contributed by atoms with Crippen LogP contribution in [-0.2, 0) is 5.41 Å². The minimum atomic E-state index is -0.919. The van der Waals surface area contributed by atoms with E-state index in [1.807, 2.05) is 6.07 Å². The van der Waals surface area contributed by atoms with Crippen LogP contribution in [0.25, 0.3) is 0 Å². The minimum Gasteiger partial charge on any atom is -0.207 e. The molecule has 1 aromatic rings. The number of benzene rings is 1. The average molecular weight is 181 g/mol. The van der Waals surface area contributed by atoms with E-state index in [0.29, 0.717) is 0 Å². The van der Waals surface area contributed by atoms with E-state index in [2.05, 4.69) is 0 Å². The summed E-state index contributed by atoms with van der Waals surface area (Å²) >= 11 is 0. The molecule has 0 saturated heterocycles. The second kappa shape index (κ2) is 3.14. The van der Waals surface area contributed by atoms with Crippen molar-refractivity contribution in [2.75, 3.05) is 0 Å². The van der Waals surface area contributed by atoms with Gasteiger partial charge in [-0.15, -0.1) is 0 Å². The van der Waals surface area contributed by atoms with E-state index >= 15 is 0 Å². The predicted octanol–water partition coefficient (Wildman–Crippen LogP) is 2.77. The van der Waals surface area contributed by atoms with E-state index < -0.39 is 17.0 Å². The number of hydrogen-bond donors (Lipinski definition) is 0. The quantitative estimate of drug-likeness (QED) is 0.653. The molecule has 13 heavy (non-hydrogen) atoms. The first-order valence-electron chi connectivity index (χ1n) is 3.84. The van der Waals surface area contributed by atoms with Crippen LogP contribution in [0.15, 0.2) is 18.2 Å². The maximum atomic E-state index is 13.1. The molecular formula is C10H9F2N. The topological polar surface area (TPSA) is 23.8 Å². The van der Waals surface area contributed by atoms with E-state index in [-0.39, 0.29) is 5.56 Å². The van der Waals surface area contributed by atoms with Crippen molar-refractivity contribution in [2.45, 2.75) is 19.3 Å². The maximum absolute atomic E-state index is 13.1. The summed E-state index contributed by atoms with van der Waals surface area (Å²) < 4.78 is 25.7. The summed E-state index contributed by atoms with van der Waals surface area (Å²) in [6.07, 6.45) is 0. The van der Waals surface area contributed by atoms with Gasteiger partial charge in [0.15, 0.2) is 0 Å². The molecule has 0 heterocycles. The Kier molecular flexibility index (Phi) is 2.33. The normalized spacial score (nSPS) is 11.0. The molecule has 1 aromatic carbocycles. The van der Waals surface area contributed by atoms with Crippen molar-refractivity contribution in [1.29, 1.82) is 5.26 Å². The molecule has 0 N–H and O–H groups in total. The Balaban J connectivity index is 3.26. The summed E-state index contributed by atoms with van der Waals surface area (Å²) in [4.78, 5) is 0.